The van der Waals surface area contributed by atoms with Gasteiger partial charge in [0.1, 0.15) is 11.4 Å². The fraction of sp³-hybridized carbons (Fsp3) is 0.545. The summed E-state index contributed by atoms with van der Waals surface area (Å²) in [5, 5.41) is 7.20. The van der Waals surface area contributed by atoms with Crippen LogP contribution < -0.4 is 5.32 Å². The van der Waals surface area contributed by atoms with Crippen LogP contribution in [-0.2, 0) is 21.4 Å². The monoisotopic (exact) mass is 434 g/mol. The SMILES string of the molecule is CCCN(CCC)S(=O)(=O)c1c(C)nn(CC(=O)Nc2ccc(C(C)C)cc2)c1C. The quantitative estimate of drug-likeness (QED) is 0.611. The zero-order valence-corrected chi connectivity index (χ0v) is 19.7. The highest BCUT2D eigenvalue weighted by molar-refractivity contribution is 7.89. The van der Waals surface area contributed by atoms with E-state index < -0.39 is 10.0 Å². The molecule has 7 nitrogen and oxygen atoms in total. The second-order valence-corrected chi connectivity index (χ2v) is 9.76. The Morgan fingerprint density at radius 1 is 1.10 bits per heavy atom. The molecule has 0 radical (unpaired) electrons. The first-order valence-electron chi connectivity index (χ1n) is 10.6. The molecule has 0 fully saturated rings. The van der Waals surface area contributed by atoms with E-state index in [1.54, 1.807) is 13.8 Å². The van der Waals surface area contributed by atoms with Crippen molar-refractivity contribution in [3.63, 3.8) is 0 Å². The molecule has 0 atom stereocenters. The molecule has 1 amide bonds. The molecule has 0 unspecified atom stereocenters. The lowest BCUT2D eigenvalue weighted by Gasteiger charge is -2.21. The average Bonchev–Trinajstić information content (AvgIpc) is 2.95. The predicted molar refractivity (Wildman–Crippen MR) is 120 cm³/mol. The molecule has 0 spiro atoms. The highest BCUT2D eigenvalue weighted by Gasteiger charge is 2.30. The number of rotatable bonds is 10. The molecule has 2 rings (SSSR count). The van der Waals surface area contributed by atoms with Gasteiger partial charge in [0, 0.05) is 18.8 Å². The summed E-state index contributed by atoms with van der Waals surface area (Å²) >= 11 is 0. The molecule has 0 bridgehead atoms. The van der Waals surface area contributed by atoms with Crippen molar-refractivity contribution in [3.8, 4) is 0 Å². The van der Waals surface area contributed by atoms with Crippen molar-refractivity contribution in [2.24, 2.45) is 0 Å². The summed E-state index contributed by atoms with van der Waals surface area (Å²) in [4.78, 5) is 12.7. The predicted octanol–water partition coefficient (Wildman–Crippen LogP) is 4.07. The maximum Gasteiger partial charge on any atom is 0.246 e. The van der Waals surface area contributed by atoms with Gasteiger partial charge in [-0.25, -0.2) is 8.42 Å². The second kappa shape index (κ2) is 10.2. The van der Waals surface area contributed by atoms with Crippen molar-refractivity contribution >= 4 is 21.6 Å². The number of hydrogen-bond donors (Lipinski definition) is 1. The molecule has 0 aliphatic heterocycles. The van der Waals surface area contributed by atoms with Crippen molar-refractivity contribution < 1.29 is 13.2 Å². The maximum absolute atomic E-state index is 13.2. The summed E-state index contributed by atoms with van der Waals surface area (Å²) in [7, 11) is -3.66. The summed E-state index contributed by atoms with van der Waals surface area (Å²) in [5.74, 6) is 0.172. The van der Waals surface area contributed by atoms with Crippen molar-refractivity contribution in [2.45, 2.75) is 71.7 Å². The fourth-order valence-electron chi connectivity index (χ4n) is 3.48. The number of carbonyl (C=O) groups excluding carboxylic acids is 1. The van der Waals surface area contributed by atoms with E-state index in [4.69, 9.17) is 0 Å². The summed E-state index contributed by atoms with van der Waals surface area (Å²) in [5.41, 5.74) is 2.80. The van der Waals surface area contributed by atoms with E-state index in [1.165, 1.54) is 14.6 Å². The van der Waals surface area contributed by atoms with Crippen LogP contribution in [0.25, 0.3) is 0 Å². The summed E-state index contributed by atoms with van der Waals surface area (Å²) in [6, 6.07) is 7.73. The van der Waals surface area contributed by atoms with Gasteiger partial charge in [0.15, 0.2) is 0 Å². The molecule has 1 N–H and O–H groups in total. The van der Waals surface area contributed by atoms with Crippen LogP contribution in [0.2, 0.25) is 0 Å². The number of aromatic nitrogens is 2. The number of sulfonamides is 1. The van der Waals surface area contributed by atoms with Crippen molar-refractivity contribution in [2.75, 3.05) is 18.4 Å². The van der Waals surface area contributed by atoms with Crippen LogP contribution in [0.1, 0.15) is 63.4 Å². The van der Waals surface area contributed by atoms with Gasteiger partial charge in [-0.1, -0.05) is 39.8 Å². The Bertz CT molecular complexity index is 957. The highest BCUT2D eigenvalue weighted by atomic mass is 32.2. The molecular formula is C22H34N4O3S. The first kappa shape index (κ1) is 24.1. The summed E-state index contributed by atoms with van der Waals surface area (Å²) < 4.78 is 29.4. The molecule has 0 saturated carbocycles. The van der Waals surface area contributed by atoms with Gasteiger partial charge in [0.05, 0.1) is 11.4 Å². The first-order valence-corrected chi connectivity index (χ1v) is 12.0. The smallest absolute Gasteiger partial charge is 0.246 e. The third-order valence-corrected chi connectivity index (χ3v) is 7.17. The fourth-order valence-corrected chi connectivity index (χ4v) is 5.47. The number of carbonyl (C=O) groups is 1. The largest absolute Gasteiger partial charge is 0.324 e. The van der Waals surface area contributed by atoms with E-state index in [2.05, 4.69) is 24.3 Å². The van der Waals surface area contributed by atoms with Crippen LogP contribution in [0, 0.1) is 13.8 Å². The lowest BCUT2D eigenvalue weighted by molar-refractivity contribution is -0.116. The van der Waals surface area contributed by atoms with Gasteiger partial charge in [-0.2, -0.15) is 9.40 Å². The van der Waals surface area contributed by atoms with E-state index in [0.29, 0.717) is 36.1 Å². The average molecular weight is 435 g/mol. The van der Waals surface area contributed by atoms with Crippen molar-refractivity contribution in [3.05, 3.63) is 41.2 Å². The van der Waals surface area contributed by atoms with E-state index in [0.717, 1.165) is 12.8 Å². The molecule has 1 aromatic carbocycles. The third-order valence-electron chi connectivity index (χ3n) is 5.01. The Hall–Kier alpha value is -2.19. The number of nitrogens with zero attached hydrogens (tertiary/aromatic N) is 3. The molecule has 1 heterocycles. The first-order chi connectivity index (χ1) is 14.1. The molecule has 30 heavy (non-hydrogen) atoms. The molecule has 166 valence electrons. The van der Waals surface area contributed by atoms with E-state index in [-0.39, 0.29) is 17.3 Å². The number of anilines is 1. The number of hydrogen-bond acceptors (Lipinski definition) is 4. The van der Waals surface area contributed by atoms with Crippen LogP contribution in [0.4, 0.5) is 5.69 Å². The molecule has 8 heteroatoms. The molecular weight excluding hydrogens is 400 g/mol. The minimum atomic E-state index is -3.66. The molecule has 0 aliphatic carbocycles. The maximum atomic E-state index is 13.2. The Kier molecular flexibility index (Phi) is 8.20. The Morgan fingerprint density at radius 3 is 2.17 bits per heavy atom. The van der Waals surface area contributed by atoms with Gasteiger partial charge < -0.3 is 5.32 Å². The van der Waals surface area contributed by atoms with Crippen LogP contribution in [0.5, 0.6) is 0 Å². The number of aryl methyl sites for hydroxylation is 1. The lowest BCUT2D eigenvalue weighted by atomic mass is 10.0. The Balaban J connectivity index is 2.21. The molecule has 1 aromatic heterocycles. The summed E-state index contributed by atoms with van der Waals surface area (Å²) in [6.45, 7) is 12.4. The van der Waals surface area contributed by atoms with Gasteiger partial charge in [-0.05, 0) is 50.3 Å². The van der Waals surface area contributed by atoms with Crippen molar-refractivity contribution in [1.82, 2.24) is 14.1 Å². The van der Waals surface area contributed by atoms with Gasteiger partial charge in [-0.15, -0.1) is 0 Å². The lowest BCUT2D eigenvalue weighted by Crippen LogP contribution is -2.33. The van der Waals surface area contributed by atoms with E-state index in [1.807, 2.05) is 38.1 Å². The zero-order chi connectivity index (χ0) is 22.5. The van der Waals surface area contributed by atoms with E-state index >= 15 is 0 Å². The van der Waals surface area contributed by atoms with Crippen molar-refractivity contribution in [1.29, 1.82) is 0 Å². The Morgan fingerprint density at radius 2 is 1.67 bits per heavy atom. The normalized spacial score (nSPS) is 12.0. The van der Waals surface area contributed by atoms with Crippen LogP contribution in [0.3, 0.4) is 0 Å². The molecule has 2 aromatic rings. The number of amides is 1. The Labute approximate surface area is 180 Å². The highest BCUT2D eigenvalue weighted by Crippen LogP contribution is 2.24. The van der Waals surface area contributed by atoms with E-state index in [9.17, 15) is 13.2 Å². The summed E-state index contributed by atoms with van der Waals surface area (Å²) in [6.07, 6.45) is 1.48. The van der Waals surface area contributed by atoms with Crippen LogP contribution in [-0.4, -0.2) is 41.5 Å². The standard InChI is InChI=1S/C22H34N4O3S/c1-7-13-25(14-8-2)30(28,29)22-17(5)24-26(18(22)6)15-21(27)23-20-11-9-19(10-12-20)16(3)4/h9-12,16H,7-8,13-15H2,1-6H3,(H,23,27). The molecule has 0 saturated heterocycles. The van der Waals surface area contributed by atoms with Gasteiger partial charge in [0.25, 0.3) is 0 Å². The molecule has 0 aliphatic rings. The number of benzene rings is 1. The zero-order valence-electron chi connectivity index (χ0n) is 18.9. The topological polar surface area (TPSA) is 84.3 Å². The van der Waals surface area contributed by atoms with Gasteiger partial charge in [-0.3, -0.25) is 9.48 Å². The second-order valence-electron chi connectivity index (χ2n) is 7.89. The minimum Gasteiger partial charge on any atom is -0.324 e. The van der Waals surface area contributed by atoms with Crippen LogP contribution in [0.15, 0.2) is 29.2 Å². The third kappa shape index (κ3) is 5.49. The number of nitrogens with one attached hydrogen (secondary N) is 1. The minimum absolute atomic E-state index is 0.0460. The van der Waals surface area contributed by atoms with Crippen LogP contribution >= 0.6 is 0 Å². The van der Waals surface area contributed by atoms with Gasteiger partial charge in [0.2, 0.25) is 15.9 Å². The van der Waals surface area contributed by atoms with Gasteiger partial charge >= 0.3 is 0 Å².